The number of nitrogens with one attached hydrogen (secondary N) is 1. The van der Waals surface area contributed by atoms with Gasteiger partial charge in [0.15, 0.2) is 5.82 Å². The van der Waals surface area contributed by atoms with Gasteiger partial charge in [0.25, 0.3) is 5.89 Å². The molecule has 6 nitrogen and oxygen atoms in total. The fourth-order valence-corrected chi connectivity index (χ4v) is 1.31. The normalized spacial score (nSPS) is 10.0. The van der Waals surface area contributed by atoms with Gasteiger partial charge in [-0.2, -0.15) is 4.98 Å². The molecule has 1 aromatic heterocycles. The molecule has 0 atom stereocenters. The molecule has 0 aliphatic heterocycles. The molecular formula is C11H11N3O3. The predicted molar refractivity (Wildman–Crippen MR) is 60.5 cm³/mol. The van der Waals surface area contributed by atoms with Crippen LogP contribution >= 0.6 is 0 Å². The molecule has 0 bridgehead atoms. The van der Waals surface area contributed by atoms with Gasteiger partial charge in [-0.05, 0) is 25.1 Å². The van der Waals surface area contributed by atoms with Crippen LogP contribution in [0.4, 0.5) is 10.5 Å². The van der Waals surface area contributed by atoms with Gasteiger partial charge in [0.2, 0.25) is 0 Å². The van der Waals surface area contributed by atoms with E-state index < -0.39 is 6.09 Å². The zero-order chi connectivity index (χ0) is 12.3. The summed E-state index contributed by atoms with van der Waals surface area (Å²) in [7, 11) is 1.31. The van der Waals surface area contributed by atoms with E-state index in [-0.39, 0.29) is 0 Å². The van der Waals surface area contributed by atoms with Crippen molar-refractivity contribution in [2.45, 2.75) is 6.92 Å². The van der Waals surface area contributed by atoms with E-state index in [9.17, 15) is 4.79 Å². The lowest BCUT2D eigenvalue weighted by Crippen LogP contribution is -2.10. The minimum atomic E-state index is -0.524. The van der Waals surface area contributed by atoms with Crippen molar-refractivity contribution in [1.29, 1.82) is 0 Å². The molecule has 0 spiro atoms. The Hall–Kier alpha value is -2.37. The van der Waals surface area contributed by atoms with Crippen LogP contribution < -0.4 is 5.32 Å². The van der Waals surface area contributed by atoms with Crippen LogP contribution in [-0.2, 0) is 4.74 Å². The van der Waals surface area contributed by atoms with E-state index in [1.807, 2.05) is 6.07 Å². The Morgan fingerprint density at radius 3 is 2.94 bits per heavy atom. The van der Waals surface area contributed by atoms with Crippen molar-refractivity contribution >= 4 is 11.8 Å². The summed E-state index contributed by atoms with van der Waals surface area (Å²) in [4.78, 5) is 15.1. The zero-order valence-electron chi connectivity index (χ0n) is 9.43. The van der Waals surface area contributed by atoms with Crippen molar-refractivity contribution in [3.05, 3.63) is 30.1 Å². The summed E-state index contributed by atoms with van der Waals surface area (Å²) in [5.74, 6) is 0.974. The van der Waals surface area contributed by atoms with Crippen molar-refractivity contribution in [3.63, 3.8) is 0 Å². The van der Waals surface area contributed by atoms with Gasteiger partial charge in [-0.3, -0.25) is 5.32 Å². The van der Waals surface area contributed by atoms with Gasteiger partial charge >= 0.3 is 6.09 Å². The number of anilines is 1. The van der Waals surface area contributed by atoms with E-state index in [1.54, 1.807) is 25.1 Å². The van der Waals surface area contributed by atoms with Crippen LogP contribution in [-0.4, -0.2) is 23.3 Å². The standard InChI is InChI=1S/C11H11N3O3/c1-7-12-10(17-14-7)8-4-3-5-9(6-8)13-11(15)16-2/h3-6H,1-2H3,(H,13,15). The van der Waals surface area contributed by atoms with Gasteiger partial charge in [0.1, 0.15) is 0 Å². The lowest BCUT2D eigenvalue weighted by molar-refractivity contribution is 0.187. The minimum Gasteiger partial charge on any atom is -0.453 e. The second-order valence-corrected chi connectivity index (χ2v) is 3.34. The van der Waals surface area contributed by atoms with Crippen LogP contribution in [0.1, 0.15) is 5.82 Å². The van der Waals surface area contributed by atoms with Gasteiger partial charge in [0, 0.05) is 11.3 Å². The summed E-state index contributed by atoms with van der Waals surface area (Å²) in [5, 5.41) is 6.26. The van der Waals surface area contributed by atoms with Crippen molar-refractivity contribution < 1.29 is 14.1 Å². The molecule has 1 heterocycles. The number of ether oxygens (including phenoxy) is 1. The minimum absolute atomic E-state index is 0.413. The molecule has 0 radical (unpaired) electrons. The molecule has 0 fully saturated rings. The highest BCUT2D eigenvalue weighted by molar-refractivity contribution is 5.85. The van der Waals surface area contributed by atoms with E-state index in [0.29, 0.717) is 17.4 Å². The Morgan fingerprint density at radius 2 is 2.29 bits per heavy atom. The maximum atomic E-state index is 11.0. The molecule has 0 aliphatic carbocycles. The number of aryl methyl sites for hydroxylation is 1. The number of hydrogen-bond acceptors (Lipinski definition) is 5. The summed E-state index contributed by atoms with van der Waals surface area (Å²) in [5.41, 5.74) is 1.34. The Morgan fingerprint density at radius 1 is 1.47 bits per heavy atom. The molecular weight excluding hydrogens is 222 g/mol. The van der Waals surface area contributed by atoms with Crippen LogP contribution in [0.15, 0.2) is 28.8 Å². The average molecular weight is 233 g/mol. The van der Waals surface area contributed by atoms with Crippen molar-refractivity contribution in [1.82, 2.24) is 10.1 Å². The third-order valence-corrected chi connectivity index (χ3v) is 2.07. The van der Waals surface area contributed by atoms with Crippen molar-refractivity contribution in [2.24, 2.45) is 0 Å². The summed E-state index contributed by atoms with van der Waals surface area (Å²) >= 11 is 0. The van der Waals surface area contributed by atoms with E-state index in [2.05, 4.69) is 20.2 Å². The monoisotopic (exact) mass is 233 g/mol. The number of carbonyl (C=O) groups is 1. The highest BCUT2D eigenvalue weighted by atomic mass is 16.5. The molecule has 0 saturated carbocycles. The van der Waals surface area contributed by atoms with E-state index in [0.717, 1.165) is 5.56 Å². The molecule has 1 aromatic carbocycles. The van der Waals surface area contributed by atoms with Gasteiger partial charge in [-0.25, -0.2) is 4.79 Å². The molecule has 0 unspecified atom stereocenters. The first-order chi connectivity index (χ1) is 8.19. The smallest absolute Gasteiger partial charge is 0.411 e. The van der Waals surface area contributed by atoms with Crippen LogP contribution in [0, 0.1) is 6.92 Å². The predicted octanol–water partition coefficient (Wildman–Crippen LogP) is 2.22. The summed E-state index contributed by atoms with van der Waals surface area (Å²) in [6.07, 6.45) is -0.524. The topological polar surface area (TPSA) is 77.2 Å². The third kappa shape index (κ3) is 2.60. The first kappa shape index (κ1) is 11.1. The van der Waals surface area contributed by atoms with E-state index >= 15 is 0 Å². The molecule has 2 rings (SSSR count). The molecule has 2 aromatic rings. The fourth-order valence-electron chi connectivity index (χ4n) is 1.31. The van der Waals surface area contributed by atoms with Crippen molar-refractivity contribution in [3.8, 4) is 11.5 Å². The molecule has 17 heavy (non-hydrogen) atoms. The number of aromatic nitrogens is 2. The molecule has 1 amide bonds. The van der Waals surface area contributed by atoms with E-state index in [1.165, 1.54) is 7.11 Å². The second-order valence-electron chi connectivity index (χ2n) is 3.34. The van der Waals surface area contributed by atoms with Gasteiger partial charge in [-0.15, -0.1) is 0 Å². The SMILES string of the molecule is COC(=O)Nc1cccc(-c2nc(C)no2)c1. The number of methoxy groups -OCH3 is 1. The maximum Gasteiger partial charge on any atom is 0.411 e. The Labute approximate surface area is 97.6 Å². The number of amides is 1. The molecule has 0 aliphatic rings. The quantitative estimate of drug-likeness (QED) is 0.860. The molecule has 6 heteroatoms. The number of nitrogens with zero attached hydrogens (tertiary/aromatic N) is 2. The summed E-state index contributed by atoms with van der Waals surface area (Å²) in [6.45, 7) is 1.74. The Kier molecular flexibility index (Phi) is 3.04. The number of carbonyl (C=O) groups excluding carboxylic acids is 1. The summed E-state index contributed by atoms with van der Waals surface area (Å²) in [6, 6.07) is 7.06. The Bertz CT molecular complexity index is 536. The highest BCUT2D eigenvalue weighted by Gasteiger charge is 2.07. The van der Waals surface area contributed by atoms with Crippen LogP contribution in [0.5, 0.6) is 0 Å². The fraction of sp³-hybridized carbons (Fsp3) is 0.182. The van der Waals surface area contributed by atoms with Crippen LogP contribution in [0.3, 0.4) is 0 Å². The largest absolute Gasteiger partial charge is 0.453 e. The van der Waals surface area contributed by atoms with E-state index in [4.69, 9.17) is 4.52 Å². The lowest BCUT2D eigenvalue weighted by Gasteiger charge is -2.03. The molecule has 1 N–H and O–H groups in total. The highest BCUT2D eigenvalue weighted by Crippen LogP contribution is 2.20. The second kappa shape index (κ2) is 4.65. The maximum absolute atomic E-state index is 11.0. The summed E-state index contributed by atoms with van der Waals surface area (Å²) < 4.78 is 9.53. The van der Waals surface area contributed by atoms with Gasteiger partial charge in [0.05, 0.1) is 7.11 Å². The number of benzene rings is 1. The van der Waals surface area contributed by atoms with Crippen molar-refractivity contribution in [2.75, 3.05) is 12.4 Å². The third-order valence-electron chi connectivity index (χ3n) is 2.07. The molecule has 0 saturated heterocycles. The molecule has 88 valence electrons. The average Bonchev–Trinajstić information content (AvgIpc) is 2.76. The first-order valence-corrected chi connectivity index (χ1v) is 4.95. The number of rotatable bonds is 2. The van der Waals surface area contributed by atoms with Crippen LogP contribution in [0.2, 0.25) is 0 Å². The number of hydrogen-bond donors (Lipinski definition) is 1. The first-order valence-electron chi connectivity index (χ1n) is 4.95. The van der Waals surface area contributed by atoms with Gasteiger partial charge < -0.3 is 9.26 Å². The van der Waals surface area contributed by atoms with Gasteiger partial charge in [-0.1, -0.05) is 11.2 Å². The van der Waals surface area contributed by atoms with Crippen LogP contribution in [0.25, 0.3) is 11.5 Å². The lowest BCUT2D eigenvalue weighted by atomic mass is 10.2. The zero-order valence-corrected chi connectivity index (χ0v) is 9.43. The Balaban J connectivity index is 2.25.